The quantitative estimate of drug-likeness (QED) is 0.282. The van der Waals surface area contributed by atoms with Gasteiger partial charge in [-0.15, -0.1) is 24.0 Å². The number of hydrogen-bond acceptors (Lipinski definition) is 2. The molecule has 5 nitrogen and oxygen atoms in total. The van der Waals surface area contributed by atoms with Gasteiger partial charge in [0.05, 0.1) is 5.56 Å². The van der Waals surface area contributed by atoms with E-state index in [4.69, 9.17) is 5.73 Å². The lowest BCUT2D eigenvalue weighted by Gasteiger charge is -2.16. The Morgan fingerprint density at radius 2 is 1.83 bits per heavy atom. The van der Waals surface area contributed by atoms with E-state index in [2.05, 4.69) is 15.6 Å². The van der Waals surface area contributed by atoms with Crippen molar-refractivity contribution in [3.8, 4) is 0 Å². The molecule has 1 unspecified atom stereocenters. The minimum Gasteiger partial charge on any atom is -0.366 e. The van der Waals surface area contributed by atoms with Crippen LogP contribution in [0.5, 0.6) is 0 Å². The van der Waals surface area contributed by atoms with Crippen LogP contribution in [0.2, 0.25) is 0 Å². The molecule has 0 bridgehead atoms. The number of rotatable bonds is 7. The van der Waals surface area contributed by atoms with E-state index in [-0.39, 0.29) is 29.9 Å². The predicted octanol–water partition coefficient (Wildman–Crippen LogP) is 4.28. The van der Waals surface area contributed by atoms with Gasteiger partial charge in [0.25, 0.3) is 0 Å². The average Bonchev–Trinajstić information content (AvgIpc) is 2.70. The third-order valence-electron chi connectivity index (χ3n) is 4.55. The summed E-state index contributed by atoms with van der Waals surface area (Å²) in [6, 6.07) is 12.4. The van der Waals surface area contributed by atoms with Gasteiger partial charge in [-0.3, -0.25) is 9.79 Å². The molecule has 4 N–H and O–H groups in total. The second-order valence-corrected chi connectivity index (χ2v) is 6.73. The van der Waals surface area contributed by atoms with Gasteiger partial charge < -0.3 is 16.4 Å². The van der Waals surface area contributed by atoms with Crippen LogP contribution in [0.25, 0.3) is 0 Å². The Balaban J connectivity index is 0.00000450. The summed E-state index contributed by atoms with van der Waals surface area (Å²) in [6.07, 6.45) is -3.70. The van der Waals surface area contributed by atoms with Crippen LogP contribution in [0, 0.1) is 0 Å². The fraction of sp³-hybridized carbons (Fsp3) is 0.333. The summed E-state index contributed by atoms with van der Waals surface area (Å²) in [5.41, 5.74) is 6.60. The number of hydrogen-bond donors (Lipinski definition) is 3. The van der Waals surface area contributed by atoms with Crippen molar-refractivity contribution in [3.05, 3.63) is 70.8 Å². The van der Waals surface area contributed by atoms with Gasteiger partial charge in [-0.25, -0.2) is 0 Å². The summed E-state index contributed by atoms with van der Waals surface area (Å²) >= 11 is 0. The summed E-state index contributed by atoms with van der Waals surface area (Å²) < 4.78 is 38.6. The van der Waals surface area contributed by atoms with E-state index >= 15 is 0 Å². The molecule has 0 radical (unpaired) electrons. The number of nitrogens with zero attached hydrogens (tertiary/aromatic N) is 1. The molecule has 0 spiro atoms. The zero-order chi connectivity index (χ0) is 21.4. The Morgan fingerprint density at radius 1 is 1.13 bits per heavy atom. The molecule has 164 valence electrons. The lowest BCUT2D eigenvalue weighted by Crippen LogP contribution is -2.37. The van der Waals surface area contributed by atoms with Gasteiger partial charge in [0.2, 0.25) is 5.91 Å². The molecule has 2 rings (SSSR count). The van der Waals surface area contributed by atoms with Crippen molar-refractivity contribution in [2.24, 2.45) is 10.7 Å². The summed E-state index contributed by atoms with van der Waals surface area (Å²) in [7, 11) is 1.63. The topological polar surface area (TPSA) is 79.5 Å². The van der Waals surface area contributed by atoms with Crippen LogP contribution < -0.4 is 16.4 Å². The fourth-order valence-electron chi connectivity index (χ4n) is 2.84. The van der Waals surface area contributed by atoms with Gasteiger partial charge in [-0.1, -0.05) is 37.3 Å². The molecule has 0 heterocycles. The number of aliphatic imine (C=N–C) groups is 1. The molecule has 0 saturated heterocycles. The lowest BCUT2D eigenvalue weighted by atomic mass is 9.96. The highest BCUT2D eigenvalue weighted by Gasteiger charge is 2.30. The first-order chi connectivity index (χ1) is 13.7. The van der Waals surface area contributed by atoms with Gasteiger partial charge in [0, 0.05) is 25.7 Å². The van der Waals surface area contributed by atoms with Crippen LogP contribution in [-0.2, 0) is 12.7 Å². The van der Waals surface area contributed by atoms with E-state index in [1.165, 1.54) is 12.1 Å². The molecule has 0 aliphatic rings. The Bertz CT molecular complexity index is 871. The van der Waals surface area contributed by atoms with Crippen molar-refractivity contribution in [3.63, 3.8) is 0 Å². The van der Waals surface area contributed by atoms with E-state index in [0.29, 0.717) is 36.6 Å². The number of benzene rings is 2. The van der Waals surface area contributed by atoms with E-state index in [1.807, 2.05) is 13.0 Å². The largest absolute Gasteiger partial charge is 0.416 e. The van der Waals surface area contributed by atoms with Gasteiger partial charge in [-0.05, 0) is 41.7 Å². The molecule has 30 heavy (non-hydrogen) atoms. The SMILES string of the molecule is CN=C(NCCC(C)c1cccc(C(F)(F)F)c1)NCc1cccc(C(N)=O)c1.I. The Hall–Kier alpha value is -2.30. The maximum Gasteiger partial charge on any atom is 0.416 e. The smallest absolute Gasteiger partial charge is 0.366 e. The lowest BCUT2D eigenvalue weighted by molar-refractivity contribution is -0.137. The standard InChI is InChI=1S/C21H25F3N4O.HI/c1-14(16-6-4-8-18(12-16)21(22,23)24)9-10-27-20(26-2)28-13-15-5-3-7-17(11-15)19(25)29;/h3-8,11-12,14H,9-10,13H2,1-2H3,(H2,25,29)(H2,26,27,28);1H. The Morgan fingerprint density at radius 3 is 2.47 bits per heavy atom. The third-order valence-corrected chi connectivity index (χ3v) is 4.55. The van der Waals surface area contributed by atoms with E-state index in [9.17, 15) is 18.0 Å². The van der Waals surface area contributed by atoms with Gasteiger partial charge in [-0.2, -0.15) is 13.2 Å². The third kappa shape index (κ3) is 7.85. The number of alkyl halides is 3. The van der Waals surface area contributed by atoms with E-state index in [0.717, 1.165) is 11.6 Å². The molecule has 0 saturated carbocycles. The molecule has 2 aromatic rings. The second kappa shape index (κ2) is 11.8. The van der Waals surface area contributed by atoms with Crippen LogP contribution in [-0.4, -0.2) is 25.5 Å². The molecular weight excluding hydrogens is 508 g/mol. The van der Waals surface area contributed by atoms with Crippen LogP contribution in [0.4, 0.5) is 13.2 Å². The molecule has 1 amide bonds. The Kier molecular flexibility index (Phi) is 10.1. The first-order valence-corrected chi connectivity index (χ1v) is 9.21. The monoisotopic (exact) mass is 534 g/mol. The Labute approximate surface area is 191 Å². The summed E-state index contributed by atoms with van der Waals surface area (Å²) in [4.78, 5) is 15.4. The minimum atomic E-state index is -4.34. The molecule has 9 heteroatoms. The zero-order valence-electron chi connectivity index (χ0n) is 16.8. The average molecular weight is 534 g/mol. The number of halogens is 4. The highest BCUT2D eigenvalue weighted by atomic mass is 127. The van der Waals surface area contributed by atoms with Crippen molar-refractivity contribution in [1.29, 1.82) is 0 Å². The second-order valence-electron chi connectivity index (χ2n) is 6.73. The van der Waals surface area contributed by atoms with Crippen LogP contribution in [0.1, 0.15) is 46.3 Å². The molecule has 0 aromatic heterocycles. The van der Waals surface area contributed by atoms with Crippen LogP contribution in [0.3, 0.4) is 0 Å². The molecule has 0 fully saturated rings. The van der Waals surface area contributed by atoms with E-state index in [1.54, 1.807) is 31.3 Å². The fourth-order valence-corrected chi connectivity index (χ4v) is 2.84. The van der Waals surface area contributed by atoms with Gasteiger partial charge in [0.1, 0.15) is 0 Å². The van der Waals surface area contributed by atoms with E-state index < -0.39 is 17.6 Å². The minimum absolute atomic E-state index is 0. The highest BCUT2D eigenvalue weighted by Crippen LogP contribution is 2.31. The summed E-state index contributed by atoms with van der Waals surface area (Å²) in [5.74, 6) is 0.0267. The van der Waals surface area contributed by atoms with Crippen molar-refractivity contribution in [2.75, 3.05) is 13.6 Å². The molecule has 2 aromatic carbocycles. The predicted molar refractivity (Wildman–Crippen MR) is 123 cm³/mol. The molecule has 1 atom stereocenters. The summed E-state index contributed by atoms with van der Waals surface area (Å²) in [6.45, 7) is 2.88. The maximum atomic E-state index is 12.9. The van der Waals surface area contributed by atoms with Gasteiger partial charge >= 0.3 is 6.18 Å². The summed E-state index contributed by atoms with van der Waals surface area (Å²) in [5, 5.41) is 6.28. The highest BCUT2D eigenvalue weighted by molar-refractivity contribution is 14.0. The maximum absolute atomic E-state index is 12.9. The first kappa shape index (κ1) is 25.7. The molecule has 0 aliphatic carbocycles. The number of carbonyl (C=O) groups is 1. The molecular formula is C21H26F3IN4O. The first-order valence-electron chi connectivity index (χ1n) is 9.21. The zero-order valence-corrected chi connectivity index (χ0v) is 19.1. The number of amides is 1. The number of primary amides is 1. The normalized spacial score (nSPS) is 12.6. The number of guanidine groups is 1. The van der Waals surface area contributed by atoms with Crippen molar-refractivity contribution >= 4 is 35.8 Å². The van der Waals surface area contributed by atoms with Crippen molar-refractivity contribution in [1.82, 2.24) is 10.6 Å². The van der Waals surface area contributed by atoms with Crippen LogP contribution in [0.15, 0.2) is 53.5 Å². The van der Waals surface area contributed by atoms with Gasteiger partial charge in [0.15, 0.2) is 5.96 Å². The number of nitrogens with two attached hydrogens (primary N) is 1. The van der Waals surface area contributed by atoms with Crippen molar-refractivity contribution in [2.45, 2.75) is 32.0 Å². The van der Waals surface area contributed by atoms with Crippen LogP contribution >= 0.6 is 24.0 Å². The van der Waals surface area contributed by atoms with Crippen molar-refractivity contribution < 1.29 is 18.0 Å². The number of carbonyl (C=O) groups excluding carboxylic acids is 1. The number of nitrogens with one attached hydrogen (secondary N) is 2. The molecule has 0 aliphatic heterocycles.